The van der Waals surface area contributed by atoms with Crippen LogP contribution in [0.4, 0.5) is 0 Å². The van der Waals surface area contributed by atoms with Crippen molar-refractivity contribution >= 4 is 17.3 Å². The van der Waals surface area contributed by atoms with Gasteiger partial charge in [-0.25, -0.2) is 4.79 Å². The fourth-order valence-electron chi connectivity index (χ4n) is 2.47. The predicted molar refractivity (Wildman–Crippen MR) is 85.8 cm³/mol. The lowest BCUT2D eigenvalue weighted by atomic mass is 9.95. The van der Waals surface area contributed by atoms with Crippen molar-refractivity contribution in [1.82, 2.24) is 4.90 Å². The van der Waals surface area contributed by atoms with E-state index in [-0.39, 0.29) is 5.41 Å². The molecule has 4 nitrogen and oxygen atoms in total. The maximum Gasteiger partial charge on any atom is 0.349 e. The number of likely N-dealkylation sites (tertiary alicyclic amines) is 1. The fourth-order valence-corrected chi connectivity index (χ4v) is 3.47. The average Bonchev–Trinajstić information content (AvgIpc) is 2.84. The summed E-state index contributed by atoms with van der Waals surface area (Å²) in [7, 11) is 0. The minimum atomic E-state index is -0.900. The Labute approximate surface area is 130 Å². The van der Waals surface area contributed by atoms with Crippen molar-refractivity contribution in [3.63, 3.8) is 0 Å². The van der Waals surface area contributed by atoms with Gasteiger partial charge in [-0.1, -0.05) is 27.2 Å². The number of nitrogens with zero attached hydrogens (tertiary/aromatic N) is 1. The summed E-state index contributed by atoms with van der Waals surface area (Å²) in [6.45, 7) is 9.95. The highest BCUT2D eigenvalue weighted by Crippen LogP contribution is 2.36. The molecule has 1 aliphatic heterocycles. The van der Waals surface area contributed by atoms with E-state index < -0.39 is 5.97 Å². The molecule has 5 heteroatoms. The topological polar surface area (TPSA) is 49.8 Å². The molecule has 21 heavy (non-hydrogen) atoms. The van der Waals surface area contributed by atoms with E-state index in [1.807, 2.05) is 6.07 Å². The molecule has 0 spiro atoms. The number of aromatic carboxylic acids is 1. The summed E-state index contributed by atoms with van der Waals surface area (Å²) in [5.74, 6) is -0.377. The predicted octanol–water partition coefficient (Wildman–Crippen LogP) is 3.61. The summed E-state index contributed by atoms with van der Waals surface area (Å²) in [4.78, 5) is 15.1. The molecule has 0 aliphatic carbocycles. The number of carboxylic acid groups (broad SMARTS) is 1. The zero-order chi connectivity index (χ0) is 15.5. The first kappa shape index (κ1) is 16.3. The summed E-state index contributed by atoms with van der Waals surface area (Å²) >= 11 is 1.32. The summed E-state index contributed by atoms with van der Waals surface area (Å²) < 4.78 is 5.76. The van der Waals surface area contributed by atoms with E-state index in [9.17, 15) is 9.90 Å². The van der Waals surface area contributed by atoms with Crippen molar-refractivity contribution in [2.24, 2.45) is 0 Å². The van der Waals surface area contributed by atoms with Crippen LogP contribution in [0.2, 0.25) is 0 Å². The second-order valence-electron chi connectivity index (χ2n) is 6.61. The van der Waals surface area contributed by atoms with Crippen LogP contribution in [0.25, 0.3) is 0 Å². The van der Waals surface area contributed by atoms with Crippen molar-refractivity contribution in [2.75, 3.05) is 26.2 Å². The quantitative estimate of drug-likeness (QED) is 0.902. The number of carboxylic acids is 1. The minimum Gasteiger partial charge on any atom is -0.490 e. The SMILES string of the molecule is CC(C)(C)c1cc(OCCN2CCCCC2)c(C(=O)O)s1. The lowest BCUT2D eigenvalue weighted by molar-refractivity contribution is 0.0697. The van der Waals surface area contributed by atoms with E-state index in [0.717, 1.165) is 24.5 Å². The molecule has 1 fully saturated rings. The maximum atomic E-state index is 11.3. The molecule has 118 valence electrons. The molecule has 0 saturated carbocycles. The van der Waals surface area contributed by atoms with E-state index >= 15 is 0 Å². The molecule has 1 aliphatic rings. The second-order valence-corrected chi connectivity index (χ2v) is 7.66. The molecule has 1 saturated heterocycles. The van der Waals surface area contributed by atoms with Crippen molar-refractivity contribution in [1.29, 1.82) is 0 Å². The highest BCUT2D eigenvalue weighted by Gasteiger charge is 2.23. The van der Waals surface area contributed by atoms with Crippen LogP contribution in [0.1, 0.15) is 54.6 Å². The van der Waals surface area contributed by atoms with Crippen molar-refractivity contribution in [3.8, 4) is 5.75 Å². The lowest BCUT2D eigenvalue weighted by Gasteiger charge is -2.26. The van der Waals surface area contributed by atoms with Crippen LogP contribution in [0.5, 0.6) is 5.75 Å². The lowest BCUT2D eigenvalue weighted by Crippen LogP contribution is -2.33. The normalized spacial score (nSPS) is 16.9. The van der Waals surface area contributed by atoms with Gasteiger partial charge in [-0.2, -0.15) is 0 Å². The van der Waals surface area contributed by atoms with Gasteiger partial charge in [0.05, 0.1) is 0 Å². The zero-order valence-corrected chi connectivity index (χ0v) is 14.0. The molecule has 1 N–H and O–H groups in total. The number of rotatable bonds is 5. The molecule has 2 heterocycles. The third kappa shape index (κ3) is 4.45. The van der Waals surface area contributed by atoms with Crippen LogP contribution in [0.15, 0.2) is 6.07 Å². The minimum absolute atomic E-state index is 0.0522. The van der Waals surface area contributed by atoms with Crippen LogP contribution in [0, 0.1) is 0 Å². The first-order chi connectivity index (χ1) is 9.88. The largest absolute Gasteiger partial charge is 0.490 e. The van der Waals surface area contributed by atoms with E-state index in [2.05, 4.69) is 25.7 Å². The monoisotopic (exact) mass is 311 g/mol. The first-order valence-electron chi connectivity index (χ1n) is 7.60. The van der Waals surface area contributed by atoms with E-state index in [0.29, 0.717) is 17.2 Å². The molecule has 0 aromatic carbocycles. The van der Waals surface area contributed by atoms with Gasteiger partial charge in [0.15, 0.2) is 4.88 Å². The number of piperidine rings is 1. The number of ether oxygens (including phenoxy) is 1. The van der Waals surface area contributed by atoms with Crippen molar-refractivity contribution in [3.05, 3.63) is 15.8 Å². The third-order valence-corrected chi connectivity index (χ3v) is 5.28. The zero-order valence-electron chi connectivity index (χ0n) is 13.1. The summed E-state index contributed by atoms with van der Waals surface area (Å²) in [6, 6.07) is 1.89. The number of carbonyl (C=O) groups is 1. The standard InChI is InChI=1S/C16H25NO3S/c1-16(2,3)13-11-12(14(21-13)15(18)19)20-10-9-17-7-5-4-6-8-17/h11H,4-10H2,1-3H3,(H,18,19). The van der Waals surface area contributed by atoms with Crippen LogP contribution in [-0.2, 0) is 5.41 Å². The molecule has 0 amide bonds. The van der Waals surface area contributed by atoms with Crippen LogP contribution in [0.3, 0.4) is 0 Å². The van der Waals surface area contributed by atoms with E-state index in [4.69, 9.17) is 4.74 Å². The van der Waals surface area contributed by atoms with Crippen LogP contribution < -0.4 is 4.74 Å². The molecule has 0 bridgehead atoms. The Bertz CT molecular complexity index is 484. The van der Waals surface area contributed by atoms with Crippen molar-refractivity contribution < 1.29 is 14.6 Å². The smallest absolute Gasteiger partial charge is 0.349 e. The van der Waals surface area contributed by atoms with Gasteiger partial charge in [0.2, 0.25) is 0 Å². The average molecular weight is 311 g/mol. The Morgan fingerprint density at radius 2 is 2.00 bits per heavy atom. The summed E-state index contributed by atoms with van der Waals surface area (Å²) in [6.07, 6.45) is 3.83. The molecule has 2 rings (SSSR count). The Balaban J connectivity index is 1.98. The maximum absolute atomic E-state index is 11.3. The molecule has 1 aromatic rings. The summed E-state index contributed by atoms with van der Waals surface area (Å²) in [5.41, 5.74) is -0.0522. The number of hydrogen-bond donors (Lipinski definition) is 1. The van der Waals surface area contributed by atoms with Gasteiger partial charge in [0.25, 0.3) is 0 Å². The Morgan fingerprint density at radius 3 is 2.57 bits per heavy atom. The Morgan fingerprint density at radius 1 is 1.33 bits per heavy atom. The second kappa shape index (κ2) is 6.79. The highest BCUT2D eigenvalue weighted by atomic mass is 32.1. The van der Waals surface area contributed by atoms with Crippen LogP contribution in [-0.4, -0.2) is 42.2 Å². The van der Waals surface area contributed by atoms with E-state index in [1.165, 1.54) is 30.6 Å². The van der Waals surface area contributed by atoms with Gasteiger partial charge in [0, 0.05) is 11.4 Å². The molecule has 0 unspecified atom stereocenters. The molecular weight excluding hydrogens is 286 g/mol. The first-order valence-corrected chi connectivity index (χ1v) is 8.42. The summed E-state index contributed by atoms with van der Waals surface area (Å²) in [5, 5.41) is 9.31. The molecule has 0 radical (unpaired) electrons. The van der Waals surface area contributed by atoms with Gasteiger partial charge in [-0.05, 0) is 37.4 Å². The van der Waals surface area contributed by atoms with Crippen molar-refractivity contribution in [2.45, 2.75) is 45.4 Å². The number of thiophene rings is 1. The van der Waals surface area contributed by atoms with Gasteiger partial charge < -0.3 is 9.84 Å². The van der Waals surface area contributed by atoms with Crippen LogP contribution >= 0.6 is 11.3 Å². The fraction of sp³-hybridized carbons (Fsp3) is 0.688. The third-order valence-electron chi connectivity index (χ3n) is 3.75. The Kier molecular flexibility index (Phi) is 5.27. The highest BCUT2D eigenvalue weighted by molar-refractivity contribution is 7.14. The molecule has 1 aromatic heterocycles. The Hall–Kier alpha value is -1.07. The van der Waals surface area contributed by atoms with Gasteiger partial charge in [-0.15, -0.1) is 11.3 Å². The molecular formula is C16H25NO3S. The molecule has 0 atom stereocenters. The van der Waals surface area contributed by atoms with Gasteiger partial charge in [0.1, 0.15) is 12.4 Å². The van der Waals surface area contributed by atoms with Gasteiger partial charge >= 0.3 is 5.97 Å². The number of hydrogen-bond acceptors (Lipinski definition) is 4. The van der Waals surface area contributed by atoms with Gasteiger partial charge in [-0.3, -0.25) is 4.90 Å². The van der Waals surface area contributed by atoms with E-state index in [1.54, 1.807) is 0 Å².